The number of hydrogen-bond donors (Lipinski definition) is 1. The fourth-order valence-corrected chi connectivity index (χ4v) is 2.57. The van der Waals surface area contributed by atoms with Crippen LogP contribution in [0.15, 0.2) is 42.5 Å². The summed E-state index contributed by atoms with van der Waals surface area (Å²) in [6.45, 7) is 6.49. The monoisotopic (exact) mass is 339 g/mol. The van der Waals surface area contributed by atoms with Crippen LogP contribution in [0.25, 0.3) is 0 Å². The Labute approximate surface area is 149 Å². The highest BCUT2D eigenvalue weighted by Gasteiger charge is 2.08. The number of hydrogen-bond acceptors (Lipinski definition) is 3. The van der Waals surface area contributed by atoms with Gasteiger partial charge in [-0.25, -0.2) is 4.79 Å². The summed E-state index contributed by atoms with van der Waals surface area (Å²) in [6, 6.07) is 13.0. The van der Waals surface area contributed by atoms with Gasteiger partial charge in [0.2, 0.25) is 5.91 Å². The summed E-state index contributed by atoms with van der Waals surface area (Å²) in [5.74, 6) is -0.379. The van der Waals surface area contributed by atoms with Crippen molar-refractivity contribution in [3.05, 3.63) is 64.7 Å². The normalized spacial score (nSPS) is 10.4. The fourth-order valence-electron chi connectivity index (χ4n) is 2.57. The highest BCUT2D eigenvalue weighted by Crippen LogP contribution is 2.14. The second-order valence-corrected chi connectivity index (χ2v) is 6.19. The molecule has 0 spiro atoms. The average molecular weight is 339 g/mol. The van der Waals surface area contributed by atoms with Crippen LogP contribution in [0.1, 0.15) is 46.8 Å². The van der Waals surface area contributed by atoms with Gasteiger partial charge in [-0.1, -0.05) is 30.7 Å². The van der Waals surface area contributed by atoms with Gasteiger partial charge in [0.25, 0.3) is 0 Å². The van der Waals surface area contributed by atoms with Crippen molar-refractivity contribution in [1.82, 2.24) is 0 Å². The second kappa shape index (κ2) is 9.02. The molecule has 0 unspecified atom stereocenters. The Morgan fingerprint density at radius 3 is 2.40 bits per heavy atom. The summed E-state index contributed by atoms with van der Waals surface area (Å²) < 4.78 is 5.08. The zero-order chi connectivity index (χ0) is 18.2. The van der Waals surface area contributed by atoms with Gasteiger partial charge in [0.05, 0.1) is 12.2 Å². The van der Waals surface area contributed by atoms with Crippen molar-refractivity contribution in [3.8, 4) is 0 Å². The summed E-state index contributed by atoms with van der Waals surface area (Å²) in [6.07, 6.45) is 1.92. The molecule has 0 aliphatic carbocycles. The van der Waals surface area contributed by atoms with Crippen LogP contribution in [0.2, 0.25) is 0 Å². The van der Waals surface area contributed by atoms with E-state index in [1.807, 2.05) is 6.92 Å². The third kappa shape index (κ3) is 5.75. The zero-order valence-electron chi connectivity index (χ0n) is 15.1. The van der Waals surface area contributed by atoms with Crippen molar-refractivity contribution in [2.45, 2.75) is 40.0 Å². The summed E-state index contributed by atoms with van der Waals surface area (Å²) in [4.78, 5) is 23.9. The molecule has 0 aliphatic rings. The largest absolute Gasteiger partial charge is 0.462 e. The van der Waals surface area contributed by atoms with Crippen molar-refractivity contribution in [2.75, 3.05) is 11.9 Å². The molecule has 0 bridgehead atoms. The number of rotatable bonds is 7. The van der Waals surface area contributed by atoms with Crippen LogP contribution in [0, 0.1) is 13.8 Å². The van der Waals surface area contributed by atoms with Crippen LogP contribution >= 0.6 is 0 Å². The molecular formula is C21H25NO3. The van der Waals surface area contributed by atoms with Crippen molar-refractivity contribution in [1.29, 1.82) is 0 Å². The third-order valence-electron chi connectivity index (χ3n) is 3.96. The molecule has 0 saturated carbocycles. The van der Waals surface area contributed by atoms with Gasteiger partial charge in [0, 0.05) is 12.1 Å². The molecule has 132 valence electrons. The lowest BCUT2D eigenvalue weighted by atomic mass is 10.0. The van der Waals surface area contributed by atoms with E-state index < -0.39 is 0 Å². The molecule has 4 nitrogen and oxygen atoms in total. The van der Waals surface area contributed by atoms with Crippen LogP contribution in [-0.4, -0.2) is 18.5 Å². The van der Waals surface area contributed by atoms with Crippen molar-refractivity contribution >= 4 is 17.6 Å². The Hall–Kier alpha value is -2.62. The number of aryl methyl sites for hydroxylation is 3. The van der Waals surface area contributed by atoms with Gasteiger partial charge in [-0.15, -0.1) is 0 Å². The average Bonchev–Trinajstić information content (AvgIpc) is 2.59. The molecule has 0 aliphatic heterocycles. The summed E-state index contributed by atoms with van der Waals surface area (Å²) >= 11 is 0. The van der Waals surface area contributed by atoms with Gasteiger partial charge >= 0.3 is 5.97 Å². The summed E-state index contributed by atoms with van der Waals surface area (Å²) in [5, 5.41) is 2.86. The number of nitrogens with one attached hydrogen (secondary N) is 1. The molecule has 0 aromatic heterocycles. The number of esters is 1. The van der Waals surface area contributed by atoms with Gasteiger partial charge in [0.1, 0.15) is 0 Å². The Bertz CT molecular complexity index is 735. The number of ether oxygens (including phenoxy) is 1. The van der Waals surface area contributed by atoms with Crippen LogP contribution in [0.4, 0.5) is 5.69 Å². The number of carbonyl (C=O) groups is 2. The highest BCUT2D eigenvalue weighted by molar-refractivity contribution is 5.93. The smallest absolute Gasteiger partial charge is 0.338 e. The van der Waals surface area contributed by atoms with E-state index in [0.717, 1.165) is 6.42 Å². The minimum Gasteiger partial charge on any atom is -0.462 e. The lowest BCUT2D eigenvalue weighted by Crippen LogP contribution is -2.13. The highest BCUT2D eigenvalue weighted by atomic mass is 16.5. The predicted molar refractivity (Wildman–Crippen MR) is 99.9 cm³/mol. The first kappa shape index (κ1) is 18.7. The molecule has 4 heteroatoms. The molecule has 1 N–H and O–H groups in total. The number of amides is 1. The number of carbonyl (C=O) groups excluding carboxylic acids is 2. The maximum Gasteiger partial charge on any atom is 0.338 e. The second-order valence-electron chi connectivity index (χ2n) is 6.19. The minimum absolute atomic E-state index is 0.0405. The van der Waals surface area contributed by atoms with E-state index in [0.29, 0.717) is 30.7 Å². The molecular weight excluding hydrogens is 314 g/mol. The first-order valence-electron chi connectivity index (χ1n) is 8.62. The van der Waals surface area contributed by atoms with E-state index in [2.05, 4.69) is 37.4 Å². The van der Waals surface area contributed by atoms with Crippen LogP contribution in [0.3, 0.4) is 0 Å². The first-order chi connectivity index (χ1) is 12.0. The Kier molecular flexibility index (Phi) is 6.75. The van der Waals surface area contributed by atoms with E-state index in [9.17, 15) is 9.59 Å². The number of anilines is 1. The van der Waals surface area contributed by atoms with Gasteiger partial charge in [-0.05, 0) is 62.1 Å². The van der Waals surface area contributed by atoms with Crippen LogP contribution in [0.5, 0.6) is 0 Å². The standard InChI is InChI=1S/C21H25NO3/c1-4-13-25-21(24)18-7-10-19(11-8-18)22-20(23)12-9-17-6-5-15(2)14-16(17)3/h5-8,10-11,14H,4,9,12-13H2,1-3H3,(H,22,23). The number of benzene rings is 2. The van der Waals surface area contributed by atoms with Crippen LogP contribution in [-0.2, 0) is 16.0 Å². The molecule has 0 fully saturated rings. The van der Waals surface area contributed by atoms with Gasteiger partial charge in [0.15, 0.2) is 0 Å². The third-order valence-corrected chi connectivity index (χ3v) is 3.96. The fraction of sp³-hybridized carbons (Fsp3) is 0.333. The Morgan fingerprint density at radius 1 is 1.04 bits per heavy atom. The van der Waals surface area contributed by atoms with Gasteiger partial charge < -0.3 is 10.1 Å². The molecule has 0 atom stereocenters. The van der Waals surface area contributed by atoms with Crippen molar-refractivity contribution in [2.24, 2.45) is 0 Å². The molecule has 0 saturated heterocycles. The van der Waals surface area contributed by atoms with E-state index in [1.165, 1.54) is 16.7 Å². The minimum atomic E-state index is -0.338. The zero-order valence-corrected chi connectivity index (χ0v) is 15.1. The Morgan fingerprint density at radius 2 is 1.76 bits per heavy atom. The van der Waals surface area contributed by atoms with Crippen molar-refractivity contribution < 1.29 is 14.3 Å². The topological polar surface area (TPSA) is 55.4 Å². The SMILES string of the molecule is CCCOC(=O)c1ccc(NC(=O)CCc2ccc(C)cc2C)cc1. The summed E-state index contributed by atoms with van der Waals surface area (Å²) in [5.41, 5.74) is 4.79. The maximum absolute atomic E-state index is 12.1. The van der Waals surface area contributed by atoms with Gasteiger partial charge in [-0.2, -0.15) is 0 Å². The van der Waals surface area contributed by atoms with Crippen molar-refractivity contribution in [3.63, 3.8) is 0 Å². The van der Waals surface area contributed by atoms with E-state index in [4.69, 9.17) is 4.74 Å². The molecule has 0 heterocycles. The molecule has 25 heavy (non-hydrogen) atoms. The molecule has 2 aromatic rings. The Balaban J connectivity index is 1.87. The lowest BCUT2D eigenvalue weighted by Gasteiger charge is -2.09. The predicted octanol–water partition coefficient (Wildman–Crippen LogP) is 4.44. The lowest BCUT2D eigenvalue weighted by molar-refractivity contribution is -0.116. The van der Waals surface area contributed by atoms with Crippen LogP contribution < -0.4 is 5.32 Å². The maximum atomic E-state index is 12.1. The van der Waals surface area contributed by atoms with E-state index in [1.54, 1.807) is 24.3 Å². The quantitative estimate of drug-likeness (QED) is 0.759. The summed E-state index contributed by atoms with van der Waals surface area (Å²) in [7, 11) is 0. The molecule has 1 amide bonds. The van der Waals surface area contributed by atoms with Gasteiger partial charge in [-0.3, -0.25) is 4.79 Å². The van der Waals surface area contributed by atoms with E-state index in [-0.39, 0.29) is 11.9 Å². The van der Waals surface area contributed by atoms with E-state index >= 15 is 0 Å². The molecule has 2 aromatic carbocycles. The molecule has 0 radical (unpaired) electrons. The molecule has 2 rings (SSSR count). The first-order valence-corrected chi connectivity index (χ1v) is 8.62.